The first-order valence-corrected chi connectivity index (χ1v) is 10.5. The van der Waals surface area contributed by atoms with Crippen molar-refractivity contribution < 1.29 is 19.4 Å². The molecule has 1 aliphatic rings. The van der Waals surface area contributed by atoms with Gasteiger partial charge < -0.3 is 14.8 Å². The molecule has 0 amide bonds. The first-order valence-electron chi connectivity index (χ1n) is 10.5. The molecule has 0 aliphatic carbocycles. The maximum absolute atomic E-state index is 13.2. The van der Waals surface area contributed by atoms with Crippen LogP contribution in [-0.4, -0.2) is 70.5 Å². The van der Waals surface area contributed by atoms with Crippen molar-refractivity contribution in [1.82, 2.24) is 14.8 Å². The Hall–Kier alpha value is -2.64. The maximum atomic E-state index is 13.2. The average molecular weight is 414 g/mol. The van der Waals surface area contributed by atoms with Crippen molar-refractivity contribution >= 4 is 11.8 Å². The molecule has 0 spiro atoms. The summed E-state index contributed by atoms with van der Waals surface area (Å²) in [5.74, 6) is -0.118. The topological polar surface area (TPSA) is 85.9 Å². The van der Waals surface area contributed by atoms with E-state index in [1.165, 1.54) is 0 Å². The first kappa shape index (κ1) is 22.1. The van der Waals surface area contributed by atoms with Crippen LogP contribution in [0.3, 0.4) is 0 Å². The molecule has 1 saturated heterocycles. The van der Waals surface area contributed by atoms with Gasteiger partial charge in [0.05, 0.1) is 23.9 Å². The number of piperazine rings is 1. The van der Waals surface area contributed by atoms with Gasteiger partial charge in [0.1, 0.15) is 5.75 Å². The fraction of sp³-hybridized carbons (Fsp3) is 0.478. The molecule has 2 aromatic rings. The molecule has 0 saturated carbocycles. The molecule has 1 atom stereocenters. The predicted octanol–water partition coefficient (Wildman–Crippen LogP) is 2.90. The summed E-state index contributed by atoms with van der Waals surface area (Å²) in [6, 6.07) is 7.05. The molecular weight excluding hydrogens is 382 g/mol. The number of aromatic hydroxyl groups is 1. The molecule has 1 fully saturated rings. The molecule has 1 aliphatic heterocycles. The second-order valence-electron chi connectivity index (χ2n) is 7.87. The molecule has 0 bridgehead atoms. The second kappa shape index (κ2) is 9.45. The molecule has 2 heterocycles. The molecule has 0 unspecified atom stereocenters. The summed E-state index contributed by atoms with van der Waals surface area (Å²) in [6.45, 7) is 11.6. The van der Waals surface area contributed by atoms with Gasteiger partial charge in [-0.2, -0.15) is 0 Å². The summed E-state index contributed by atoms with van der Waals surface area (Å²) < 4.78 is 5.13. The molecular formula is C23H31N3O4. The molecule has 7 heteroatoms. The van der Waals surface area contributed by atoms with E-state index in [9.17, 15) is 14.7 Å². The Morgan fingerprint density at radius 2 is 1.90 bits per heavy atom. The van der Waals surface area contributed by atoms with E-state index in [0.717, 1.165) is 38.3 Å². The summed E-state index contributed by atoms with van der Waals surface area (Å²) in [5, 5.41) is 9.64. The number of nitrogens with one attached hydrogen (secondary N) is 1. The quantitative estimate of drug-likeness (QED) is 0.536. The normalized spacial score (nSPS) is 16.4. The Kier molecular flexibility index (Phi) is 6.95. The molecule has 162 valence electrons. The number of ether oxygens (including phenoxy) is 1. The third kappa shape index (κ3) is 4.74. The van der Waals surface area contributed by atoms with Gasteiger partial charge in [0.15, 0.2) is 5.78 Å². The van der Waals surface area contributed by atoms with Crippen LogP contribution < -0.4 is 0 Å². The van der Waals surface area contributed by atoms with Crippen LogP contribution in [0.5, 0.6) is 5.75 Å². The number of rotatable bonds is 7. The largest absolute Gasteiger partial charge is 0.508 e. The van der Waals surface area contributed by atoms with Gasteiger partial charge in [0, 0.05) is 38.4 Å². The van der Waals surface area contributed by atoms with Gasteiger partial charge in [-0.15, -0.1) is 0 Å². The number of H-pyrrole nitrogens is 1. The van der Waals surface area contributed by atoms with Gasteiger partial charge in [-0.05, 0) is 51.0 Å². The maximum Gasteiger partial charge on any atom is 0.340 e. The zero-order chi connectivity index (χ0) is 21.8. The van der Waals surface area contributed by atoms with E-state index in [4.69, 9.17) is 4.74 Å². The van der Waals surface area contributed by atoms with E-state index in [1.807, 2.05) is 19.1 Å². The number of hydrogen-bond acceptors (Lipinski definition) is 6. The van der Waals surface area contributed by atoms with Gasteiger partial charge in [0.2, 0.25) is 0 Å². The highest BCUT2D eigenvalue weighted by atomic mass is 16.5. The van der Waals surface area contributed by atoms with Crippen LogP contribution in [0, 0.1) is 13.8 Å². The van der Waals surface area contributed by atoms with Crippen LogP contribution in [-0.2, 0) is 11.3 Å². The number of phenols is 1. The summed E-state index contributed by atoms with van der Waals surface area (Å²) in [5.41, 5.74) is 3.35. The molecule has 7 nitrogen and oxygen atoms in total. The van der Waals surface area contributed by atoms with Crippen molar-refractivity contribution in [3.8, 4) is 5.75 Å². The number of ketones is 1. The third-order valence-electron chi connectivity index (χ3n) is 5.81. The lowest BCUT2D eigenvalue weighted by Gasteiger charge is -2.37. The van der Waals surface area contributed by atoms with Crippen LogP contribution in [0.25, 0.3) is 0 Å². The Morgan fingerprint density at radius 1 is 1.20 bits per heavy atom. The van der Waals surface area contributed by atoms with Crippen LogP contribution >= 0.6 is 0 Å². The number of phenolic OH excluding ortho intramolecular Hbond substituents is 1. The van der Waals surface area contributed by atoms with E-state index in [0.29, 0.717) is 29.1 Å². The lowest BCUT2D eigenvalue weighted by atomic mass is 10.0. The molecule has 0 radical (unpaired) electrons. The lowest BCUT2D eigenvalue weighted by Crippen LogP contribution is -2.51. The highest BCUT2D eigenvalue weighted by molar-refractivity contribution is 6.03. The van der Waals surface area contributed by atoms with Gasteiger partial charge >= 0.3 is 5.97 Å². The number of Topliss-reactive ketones (excluding diaryl/α,β-unsaturated/α-hetero) is 1. The van der Waals surface area contributed by atoms with Crippen molar-refractivity contribution in [2.45, 2.75) is 40.3 Å². The minimum Gasteiger partial charge on any atom is -0.508 e. The number of aryl methyl sites for hydroxylation is 1. The minimum absolute atomic E-state index is 0.00687. The number of aromatic nitrogens is 1. The monoisotopic (exact) mass is 413 g/mol. The third-order valence-corrected chi connectivity index (χ3v) is 5.81. The zero-order valence-corrected chi connectivity index (χ0v) is 18.2. The van der Waals surface area contributed by atoms with Gasteiger partial charge in [0.25, 0.3) is 0 Å². The molecule has 3 rings (SSSR count). The van der Waals surface area contributed by atoms with Crippen molar-refractivity contribution in [2.24, 2.45) is 0 Å². The molecule has 1 aromatic carbocycles. The van der Waals surface area contributed by atoms with Crippen LogP contribution in [0.2, 0.25) is 0 Å². The molecule has 1 aromatic heterocycles. The van der Waals surface area contributed by atoms with Crippen molar-refractivity contribution in [2.75, 3.05) is 32.8 Å². The summed E-state index contributed by atoms with van der Waals surface area (Å²) in [4.78, 5) is 33.0. The van der Waals surface area contributed by atoms with Crippen LogP contribution in [0.15, 0.2) is 24.3 Å². The molecule has 30 heavy (non-hydrogen) atoms. The fourth-order valence-electron chi connectivity index (χ4n) is 4.10. The van der Waals surface area contributed by atoms with Gasteiger partial charge in [-0.1, -0.05) is 12.1 Å². The number of nitrogens with zero attached hydrogens (tertiary/aromatic N) is 2. The number of carbonyl (C=O) groups excluding carboxylic acids is 2. The Balaban J connectivity index is 1.62. The lowest BCUT2D eigenvalue weighted by molar-refractivity contribution is 0.0525. The van der Waals surface area contributed by atoms with E-state index in [-0.39, 0.29) is 17.6 Å². The zero-order valence-electron chi connectivity index (χ0n) is 18.2. The van der Waals surface area contributed by atoms with E-state index < -0.39 is 5.97 Å². The second-order valence-corrected chi connectivity index (χ2v) is 7.87. The smallest absolute Gasteiger partial charge is 0.340 e. The number of carbonyl (C=O) groups is 2. The summed E-state index contributed by atoms with van der Waals surface area (Å²) in [7, 11) is 0. The van der Waals surface area contributed by atoms with E-state index >= 15 is 0 Å². The van der Waals surface area contributed by atoms with Crippen molar-refractivity contribution in [3.05, 3.63) is 52.3 Å². The number of esters is 1. The highest BCUT2D eigenvalue weighted by Gasteiger charge is 2.30. The summed E-state index contributed by atoms with van der Waals surface area (Å²) in [6.07, 6.45) is 0. The van der Waals surface area contributed by atoms with Crippen molar-refractivity contribution in [3.63, 3.8) is 0 Å². The van der Waals surface area contributed by atoms with E-state index in [2.05, 4.69) is 14.8 Å². The van der Waals surface area contributed by atoms with E-state index in [1.54, 1.807) is 32.9 Å². The fourth-order valence-corrected chi connectivity index (χ4v) is 4.10. The first-order chi connectivity index (χ1) is 14.3. The SMILES string of the molecule is CCOC(=O)c1c(C)[nH]c(C(=O)[C@H](C)N2CCN(Cc3cccc(O)c3)CC2)c1C. The van der Waals surface area contributed by atoms with Crippen molar-refractivity contribution in [1.29, 1.82) is 0 Å². The van der Waals surface area contributed by atoms with Crippen LogP contribution in [0.1, 0.15) is 51.5 Å². The number of hydrogen-bond donors (Lipinski definition) is 2. The Morgan fingerprint density at radius 3 is 2.53 bits per heavy atom. The number of aromatic amines is 1. The minimum atomic E-state index is -0.393. The highest BCUT2D eigenvalue weighted by Crippen LogP contribution is 2.22. The van der Waals surface area contributed by atoms with Gasteiger partial charge in [-0.25, -0.2) is 4.79 Å². The Labute approximate surface area is 177 Å². The predicted molar refractivity (Wildman–Crippen MR) is 115 cm³/mol. The summed E-state index contributed by atoms with van der Waals surface area (Å²) >= 11 is 0. The Bertz CT molecular complexity index is 913. The average Bonchev–Trinajstić information content (AvgIpc) is 3.02. The number of benzene rings is 1. The van der Waals surface area contributed by atoms with Crippen LogP contribution in [0.4, 0.5) is 0 Å². The molecule has 2 N–H and O–H groups in total. The van der Waals surface area contributed by atoms with Gasteiger partial charge in [-0.3, -0.25) is 14.6 Å². The standard InChI is InChI=1S/C23H31N3O4/c1-5-30-23(29)20-15(2)21(24-16(20)3)22(28)17(4)26-11-9-25(10-12-26)14-18-7-6-8-19(27)13-18/h6-8,13,17,24,27H,5,9-12,14H2,1-4H3/t17-/m0/s1.